The summed E-state index contributed by atoms with van der Waals surface area (Å²) in [5.74, 6) is -1.02. The van der Waals surface area contributed by atoms with Crippen molar-refractivity contribution in [1.82, 2.24) is 10.2 Å². The van der Waals surface area contributed by atoms with Crippen LogP contribution in [0.2, 0.25) is 5.02 Å². The zero-order valence-electron chi connectivity index (χ0n) is 23.6. The molecule has 1 saturated carbocycles. The topological polar surface area (TPSA) is 96.0 Å². The molecule has 8 nitrogen and oxygen atoms in total. The van der Waals surface area contributed by atoms with Crippen molar-refractivity contribution in [2.45, 2.75) is 62.6 Å². The van der Waals surface area contributed by atoms with E-state index in [0.29, 0.717) is 16.3 Å². The van der Waals surface area contributed by atoms with Crippen LogP contribution in [0.3, 0.4) is 0 Å². The fourth-order valence-electron chi connectivity index (χ4n) is 4.99. The number of methoxy groups -OCH3 is 1. The number of nitrogens with one attached hydrogen (secondary N) is 1. The van der Waals surface area contributed by atoms with E-state index in [1.807, 2.05) is 0 Å². The van der Waals surface area contributed by atoms with Gasteiger partial charge >= 0.3 is 0 Å². The van der Waals surface area contributed by atoms with Crippen molar-refractivity contribution >= 4 is 39.1 Å². The monoisotopic (exact) mass is 615 g/mol. The summed E-state index contributed by atoms with van der Waals surface area (Å²) in [6.07, 6.45) is 4.93. The Morgan fingerprint density at radius 3 is 2.31 bits per heavy atom. The average Bonchev–Trinajstić information content (AvgIpc) is 2.99. The normalized spacial score (nSPS) is 14.6. The summed E-state index contributed by atoms with van der Waals surface area (Å²) >= 11 is 6.20. The molecule has 3 aromatic rings. The van der Waals surface area contributed by atoms with E-state index in [0.717, 1.165) is 48.5 Å². The van der Waals surface area contributed by atoms with Gasteiger partial charge in [-0.05, 0) is 86.0 Å². The molecular weight excluding hydrogens is 581 g/mol. The number of rotatable bonds is 11. The van der Waals surface area contributed by atoms with Crippen molar-refractivity contribution in [3.8, 4) is 5.75 Å². The highest BCUT2D eigenvalue weighted by atomic mass is 35.5. The van der Waals surface area contributed by atoms with Crippen LogP contribution in [-0.2, 0) is 26.2 Å². The molecule has 3 aromatic carbocycles. The van der Waals surface area contributed by atoms with Gasteiger partial charge in [0.1, 0.15) is 24.2 Å². The Bertz CT molecular complexity index is 1480. The number of hydrogen-bond acceptors (Lipinski definition) is 5. The molecule has 1 atom stereocenters. The number of hydrogen-bond donors (Lipinski definition) is 1. The van der Waals surface area contributed by atoms with E-state index < -0.39 is 34.3 Å². The molecule has 1 fully saturated rings. The minimum Gasteiger partial charge on any atom is -0.497 e. The maximum absolute atomic E-state index is 14.0. The second-order valence-electron chi connectivity index (χ2n) is 10.3. The Hall–Kier alpha value is -3.63. The molecule has 0 spiro atoms. The molecule has 42 heavy (non-hydrogen) atoms. The van der Waals surface area contributed by atoms with Crippen molar-refractivity contribution in [3.63, 3.8) is 0 Å². The molecule has 0 bridgehead atoms. The number of amides is 2. The van der Waals surface area contributed by atoms with E-state index in [2.05, 4.69) is 5.32 Å². The van der Waals surface area contributed by atoms with Crippen molar-refractivity contribution < 1.29 is 27.1 Å². The quantitative estimate of drug-likeness (QED) is 0.305. The average molecular weight is 616 g/mol. The Morgan fingerprint density at radius 1 is 1.02 bits per heavy atom. The van der Waals surface area contributed by atoms with E-state index in [1.165, 1.54) is 48.4 Å². The molecule has 224 valence electrons. The molecule has 0 unspecified atom stereocenters. The molecule has 0 heterocycles. The lowest BCUT2D eigenvalue weighted by Gasteiger charge is -2.33. The number of halogens is 2. The lowest BCUT2D eigenvalue weighted by atomic mass is 9.95. The van der Waals surface area contributed by atoms with Gasteiger partial charge in [0.2, 0.25) is 11.8 Å². The van der Waals surface area contributed by atoms with E-state index in [4.69, 9.17) is 16.3 Å². The van der Waals surface area contributed by atoms with Gasteiger partial charge in [-0.2, -0.15) is 0 Å². The van der Waals surface area contributed by atoms with Gasteiger partial charge in [-0.25, -0.2) is 12.8 Å². The fraction of sp³-hybridized carbons (Fsp3) is 0.355. The first-order chi connectivity index (χ1) is 20.1. The van der Waals surface area contributed by atoms with Crippen LogP contribution in [0.1, 0.15) is 44.6 Å². The van der Waals surface area contributed by atoms with Gasteiger partial charge in [0.15, 0.2) is 0 Å². The molecule has 0 radical (unpaired) electrons. The largest absolute Gasteiger partial charge is 0.497 e. The van der Waals surface area contributed by atoms with Crippen molar-refractivity contribution in [3.05, 3.63) is 89.2 Å². The van der Waals surface area contributed by atoms with Gasteiger partial charge in [-0.3, -0.25) is 13.9 Å². The summed E-state index contributed by atoms with van der Waals surface area (Å²) in [5.41, 5.74) is 0.780. The molecule has 0 saturated heterocycles. The standard InChI is InChI=1S/C31H35ClFN3O5S/c1-22(31(38)34-26-9-4-3-5-10-26)35(20-23-7-6-8-24(32)19-23)30(37)21-36(27-13-11-25(33)12-14-27)42(39,40)29-17-15-28(41-2)16-18-29/h6-8,11-19,22,26H,3-5,9-10,20-21H2,1-2H3,(H,34,38)/t22-/m0/s1. The number of benzene rings is 3. The Balaban J connectivity index is 1.67. The molecule has 4 rings (SSSR count). The van der Waals surface area contributed by atoms with Crippen LogP contribution in [0.25, 0.3) is 0 Å². The third-order valence-electron chi connectivity index (χ3n) is 7.40. The van der Waals surface area contributed by atoms with Crippen LogP contribution in [0, 0.1) is 5.82 Å². The van der Waals surface area contributed by atoms with E-state index >= 15 is 0 Å². The van der Waals surface area contributed by atoms with Crippen molar-refractivity contribution in [2.75, 3.05) is 18.0 Å². The van der Waals surface area contributed by atoms with Crippen LogP contribution in [0.15, 0.2) is 77.7 Å². The number of anilines is 1. The summed E-state index contributed by atoms with van der Waals surface area (Å²) in [6.45, 7) is 1.03. The Labute approximate surface area is 251 Å². The predicted molar refractivity (Wildman–Crippen MR) is 160 cm³/mol. The smallest absolute Gasteiger partial charge is 0.264 e. The maximum Gasteiger partial charge on any atom is 0.264 e. The van der Waals surface area contributed by atoms with Gasteiger partial charge in [0, 0.05) is 17.6 Å². The SMILES string of the molecule is COc1ccc(S(=O)(=O)N(CC(=O)N(Cc2cccc(Cl)c2)[C@@H](C)C(=O)NC2CCCCC2)c2ccc(F)cc2)cc1. The van der Waals surface area contributed by atoms with E-state index in [9.17, 15) is 22.4 Å². The van der Waals surface area contributed by atoms with Gasteiger partial charge < -0.3 is 15.0 Å². The van der Waals surface area contributed by atoms with Gasteiger partial charge in [-0.1, -0.05) is 43.0 Å². The van der Waals surface area contributed by atoms with Crippen LogP contribution in [-0.4, -0.2) is 50.9 Å². The molecule has 1 N–H and O–H groups in total. The summed E-state index contributed by atoms with van der Waals surface area (Å²) in [4.78, 5) is 28.7. The fourth-order valence-corrected chi connectivity index (χ4v) is 6.62. The predicted octanol–water partition coefficient (Wildman–Crippen LogP) is 5.55. The van der Waals surface area contributed by atoms with Gasteiger partial charge in [-0.15, -0.1) is 0 Å². The molecular formula is C31H35ClFN3O5S. The first kappa shape index (κ1) is 31.3. The lowest BCUT2D eigenvalue weighted by molar-refractivity contribution is -0.139. The number of sulfonamides is 1. The van der Waals surface area contributed by atoms with Crippen LogP contribution >= 0.6 is 11.6 Å². The maximum atomic E-state index is 14.0. The third-order valence-corrected chi connectivity index (χ3v) is 9.42. The van der Waals surface area contributed by atoms with E-state index in [1.54, 1.807) is 31.2 Å². The first-order valence-corrected chi connectivity index (χ1v) is 15.7. The molecule has 1 aliphatic carbocycles. The number of ether oxygens (including phenoxy) is 1. The highest BCUT2D eigenvalue weighted by Gasteiger charge is 2.33. The third kappa shape index (κ3) is 7.80. The summed E-state index contributed by atoms with van der Waals surface area (Å²) < 4.78 is 47.6. The van der Waals surface area contributed by atoms with Crippen LogP contribution < -0.4 is 14.4 Å². The number of carbonyl (C=O) groups excluding carboxylic acids is 2. The highest BCUT2D eigenvalue weighted by Crippen LogP contribution is 2.26. The second-order valence-corrected chi connectivity index (χ2v) is 12.6. The zero-order chi connectivity index (χ0) is 30.3. The molecule has 2 amide bonds. The van der Waals surface area contributed by atoms with Crippen molar-refractivity contribution in [2.24, 2.45) is 0 Å². The summed E-state index contributed by atoms with van der Waals surface area (Å²) in [7, 11) is -2.82. The van der Waals surface area contributed by atoms with Crippen LogP contribution in [0.4, 0.5) is 10.1 Å². The number of nitrogens with zero attached hydrogens (tertiary/aromatic N) is 2. The molecule has 0 aliphatic heterocycles. The summed E-state index contributed by atoms with van der Waals surface area (Å²) in [5, 5.41) is 3.53. The number of carbonyl (C=O) groups is 2. The molecule has 1 aliphatic rings. The molecule has 0 aromatic heterocycles. The Morgan fingerprint density at radius 2 is 1.69 bits per heavy atom. The van der Waals surface area contributed by atoms with Gasteiger partial charge in [0.05, 0.1) is 17.7 Å². The van der Waals surface area contributed by atoms with Crippen LogP contribution in [0.5, 0.6) is 5.75 Å². The first-order valence-electron chi connectivity index (χ1n) is 13.8. The highest BCUT2D eigenvalue weighted by molar-refractivity contribution is 7.92. The van der Waals surface area contributed by atoms with E-state index in [-0.39, 0.29) is 29.1 Å². The van der Waals surface area contributed by atoms with Crippen molar-refractivity contribution in [1.29, 1.82) is 0 Å². The Kier molecular flexibility index (Phi) is 10.5. The zero-order valence-corrected chi connectivity index (χ0v) is 25.2. The van der Waals surface area contributed by atoms with Gasteiger partial charge in [0.25, 0.3) is 10.0 Å². The summed E-state index contributed by atoms with van der Waals surface area (Å²) in [6, 6.07) is 16.6. The minimum absolute atomic E-state index is 0.0263. The minimum atomic E-state index is -4.28. The molecule has 11 heteroatoms. The second kappa shape index (κ2) is 14.0. The lowest BCUT2D eigenvalue weighted by Crippen LogP contribution is -2.53.